The van der Waals surface area contributed by atoms with Crippen LogP contribution in [0.1, 0.15) is 23.4 Å². The van der Waals surface area contributed by atoms with Crippen LogP contribution >= 0.6 is 0 Å². The highest BCUT2D eigenvalue weighted by Gasteiger charge is 2.23. The van der Waals surface area contributed by atoms with E-state index in [0.717, 1.165) is 23.4 Å². The van der Waals surface area contributed by atoms with E-state index in [1.807, 2.05) is 24.3 Å². The molecule has 1 aliphatic rings. The van der Waals surface area contributed by atoms with Gasteiger partial charge >= 0.3 is 5.97 Å². The van der Waals surface area contributed by atoms with Crippen molar-refractivity contribution in [3.63, 3.8) is 0 Å². The average Bonchev–Trinajstić information content (AvgIpc) is 3.07. The lowest BCUT2D eigenvalue weighted by molar-refractivity contribution is -0.136. The number of imidazole rings is 1. The molecule has 0 spiro atoms. The molecule has 2 aromatic heterocycles. The van der Waals surface area contributed by atoms with Gasteiger partial charge < -0.3 is 10.1 Å². The average molecular weight is 295 g/mol. The van der Waals surface area contributed by atoms with Crippen LogP contribution in [0.25, 0.3) is 16.9 Å². The van der Waals surface area contributed by atoms with Gasteiger partial charge in [0.05, 0.1) is 23.5 Å². The Morgan fingerprint density at radius 1 is 1.36 bits per heavy atom. The Labute approximate surface area is 125 Å². The molecule has 0 amide bonds. The van der Waals surface area contributed by atoms with Gasteiger partial charge in [-0.1, -0.05) is 24.3 Å². The van der Waals surface area contributed by atoms with Gasteiger partial charge in [0.15, 0.2) is 0 Å². The van der Waals surface area contributed by atoms with Crippen LogP contribution < -0.4 is 5.56 Å². The number of fused-ring (bicyclic) bond motifs is 5. The fourth-order valence-corrected chi connectivity index (χ4v) is 3.01. The molecular weight excluding hydrogens is 282 g/mol. The molecule has 0 saturated carbocycles. The summed E-state index contributed by atoms with van der Waals surface area (Å²) in [4.78, 5) is 30.1. The molecular formula is C16H13N3O3. The normalized spacial score (nSPS) is 12.4. The number of hydrogen-bond donors (Lipinski definition) is 2. The molecule has 6 nitrogen and oxygen atoms in total. The standard InChI is InChI=1S/C16H13N3O3/c20-13(21)6-5-10-8-19-12-7-9-3-1-2-4-11(9)14(12)18-16(22)15(19)17-10/h1-4,8H,5-7H2,(H,18,22)(H,20,21). The minimum atomic E-state index is -0.872. The van der Waals surface area contributed by atoms with Crippen molar-refractivity contribution in [3.05, 3.63) is 57.8 Å². The van der Waals surface area contributed by atoms with E-state index in [1.54, 1.807) is 10.6 Å². The molecule has 0 atom stereocenters. The molecule has 0 unspecified atom stereocenters. The number of H-pyrrole nitrogens is 1. The monoisotopic (exact) mass is 295 g/mol. The highest BCUT2D eigenvalue weighted by Crippen LogP contribution is 2.34. The van der Waals surface area contributed by atoms with E-state index in [0.29, 0.717) is 17.8 Å². The summed E-state index contributed by atoms with van der Waals surface area (Å²) >= 11 is 0. The van der Waals surface area contributed by atoms with Gasteiger partial charge in [0.1, 0.15) is 0 Å². The van der Waals surface area contributed by atoms with Gasteiger partial charge in [-0.3, -0.25) is 14.0 Å². The summed E-state index contributed by atoms with van der Waals surface area (Å²) in [5, 5.41) is 8.77. The zero-order valence-electron chi connectivity index (χ0n) is 11.7. The second-order valence-corrected chi connectivity index (χ2v) is 5.43. The molecule has 0 fully saturated rings. The fourth-order valence-electron chi connectivity index (χ4n) is 3.01. The number of carboxylic acid groups (broad SMARTS) is 1. The summed E-state index contributed by atoms with van der Waals surface area (Å²) in [6.45, 7) is 0. The summed E-state index contributed by atoms with van der Waals surface area (Å²) in [6.07, 6.45) is 2.83. The smallest absolute Gasteiger partial charge is 0.303 e. The first kappa shape index (κ1) is 12.8. The molecule has 0 saturated heterocycles. The van der Waals surface area contributed by atoms with Crippen molar-refractivity contribution >= 4 is 11.6 Å². The molecule has 6 heteroatoms. The van der Waals surface area contributed by atoms with E-state index >= 15 is 0 Å². The first-order valence-electron chi connectivity index (χ1n) is 7.06. The molecule has 22 heavy (non-hydrogen) atoms. The topological polar surface area (TPSA) is 87.5 Å². The van der Waals surface area contributed by atoms with E-state index in [-0.39, 0.29) is 12.0 Å². The summed E-state index contributed by atoms with van der Waals surface area (Å²) in [6, 6.07) is 7.96. The maximum Gasteiger partial charge on any atom is 0.303 e. The summed E-state index contributed by atoms with van der Waals surface area (Å²) in [7, 11) is 0. The molecule has 0 aliphatic heterocycles. The number of rotatable bonds is 3. The number of carboxylic acids is 1. The van der Waals surface area contributed by atoms with Crippen molar-refractivity contribution in [2.75, 3.05) is 0 Å². The minimum absolute atomic E-state index is 0.00417. The number of hydrogen-bond acceptors (Lipinski definition) is 3. The van der Waals surface area contributed by atoms with Crippen LogP contribution in [-0.4, -0.2) is 25.4 Å². The molecule has 0 radical (unpaired) electrons. The second-order valence-electron chi connectivity index (χ2n) is 5.43. The van der Waals surface area contributed by atoms with Gasteiger partial charge in [-0.2, -0.15) is 0 Å². The fraction of sp³-hybridized carbons (Fsp3) is 0.188. The first-order valence-corrected chi connectivity index (χ1v) is 7.06. The Kier molecular flexibility index (Phi) is 2.66. The van der Waals surface area contributed by atoms with Gasteiger partial charge in [-0.05, 0) is 5.56 Å². The third kappa shape index (κ3) is 1.84. The number of aryl methyl sites for hydroxylation is 1. The van der Waals surface area contributed by atoms with E-state index in [9.17, 15) is 9.59 Å². The quantitative estimate of drug-likeness (QED) is 0.601. The van der Waals surface area contributed by atoms with Gasteiger partial charge in [0, 0.05) is 24.6 Å². The van der Waals surface area contributed by atoms with Crippen LogP contribution in [0.15, 0.2) is 35.3 Å². The lowest BCUT2D eigenvalue weighted by Crippen LogP contribution is -2.13. The molecule has 2 N–H and O–H groups in total. The van der Waals surface area contributed by atoms with Gasteiger partial charge in [-0.15, -0.1) is 0 Å². The molecule has 4 rings (SSSR count). The summed E-state index contributed by atoms with van der Waals surface area (Å²) < 4.78 is 1.80. The van der Waals surface area contributed by atoms with Gasteiger partial charge in [0.2, 0.25) is 5.65 Å². The van der Waals surface area contributed by atoms with Crippen molar-refractivity contribution in [1.82, 2.24) is 14.4 Å². The number of nitrogens with zero attached hydrogens (tertiary/aromatic N) is 2. The number of aromatic amines is 1. The predicted molar refractivity (Wildman–Crippen MR) is 80.0 cm³/mol. The zero-order valence-corrected chi connectivity index (χ0v) is 11.7. The molecule has 1 aromatic carbocycles. The largest absolute Gasteiger partial charge is 0.481 e. The van der Waals surface area contributed by atoms with Crippen molar-refractivity contribution in [2.45, 2.75) is 19.3 Å². The molecule has 3 aromatic rings. The Hall–Kier alpha value is -2.89. The van der Waals surface area contributed by atoms with Crippen LogP contribution in [0.5, 0.6) is 0 Å². The van der Waals surface area contributed by atoms with Crippen LogP contribution in [0.2, 0.25) is 0 Å². The number of aliphatic carboxylic acids is 1. The second kappa shape index (κ2) is 4.56. The van der Waals surface area contributed by atoms with Crippen LogP contribution in [-0.2, 0) is 17.6 Å². The third-order valence-corrected chi connectivity index (χ3v) is 4.02. The molecule has 0 bridgehead atoms. The van der Waals surface area contributed by atoms with Crippen molar-refractivity contribution in [1.29, 1.82) is 0 Å². The molecule has 1 aliphatic carbocycles. The van der Waals surface area contributed by atoms with E-state index in [4.69, 9.17) is 5.11 Å². The zero-order chi connectivity index (χ0) is 15.3. The number of nitrogens with one attached hydrogen (secondary N) is 1. The van der Waals surface area contributed by atoms with Crippen LogP contribution in [0.3, 0.4) is 0 Å². The van der Waals surface area contributed by atoms with Crippen molar-refractivity contribution in [3.8, 4) is 11.3 Å². The van der Waals surface area contributed by atoms with E-state index < -0.39 is 5.97 Å². The highest BCUT2D eigenvalue weighted by atomic mass is 16.4. The number of aromatic nitrogens is 3. The van der Waals surface area contributed by atoms with Gasteiger partial charge in [0.25, 0.3) is 5.56 Å². The maximum absolute atomic E-state index is 12.2. The Bertz CT molecular complexity index is 968. The summed E-state index contributed by atoms with van der Waals surface area (Å²) in [5.41, 5.74) is 4.72. The number of carbonyl (C=O) groups is 1. The Morgan fingerprint density at radius 3 is 3.00 bits per heavy atom. The Balaban J connectivity index is 1.88. The first-order chi connectivity index (χ1) is 10.6. The predicted octanol–water partition coefficient (Wildman–Crippen LogP) is 1.61. The summed E-state index contributed by atoms with van der Waals surface area (Å²) in [5.74, 6) is -0.872. The maximum atomic E-state index is 12.2. The minimum Gasteiger partial charge on any atom is -0.481 e. The van der Waals surface area contributed by atoms with E-state index in [1.165, 1.54) is 5.56 Å². The van der Waals surface area contributed by atoms with E-state index in [2.05, 4.69) is 9.97 Å². The van der Waals surface area contributed by atoms with Crippen LogP contribution in [0, 0.1) is 0 Å². The SMILES string of the molecule is O=C(O)CCc1cn2c3c([nH]c(=O)c2n1)-c1ccccc1C3. The lowest BCUT2D eigenvalue weighted by Gasteiger charge is -2.02. The van der Waals surface area contributed by atoms with Gasteiger partial charge in [-0.25, -0.2) is 4.98 Å². The van der Waals surface area contributed by atoms with Crippen molar-refractivity contribution in [2.24, 2.45) is 0 Å². The highest BCUT2D eigenvalue weighted by molar-refractivity contribution is 5.73. The Morgan fingerprint density at radius 2 is 2.18 bits per heavy atom. The third-order valence-electron chi connectivity index (χ3n) is 4.02. The van der Waals surface area contributed by atoms with Crippen LogP contribution in [0.4, 0.5) is 0 Å². The number of benzene rings is 1. The lowest BCUT2D eigenvalue weighted by atomic mass is 10.1. The van der Waals surface area contributed by atoms with Crippen molar-refractivity contribution < 1.29 is 9.90 Å². The molecule has 110 valence electrons. The molecule has 2 heterocycles.